The van der Waals surface area contributed by atoms with E-state index in [4.69, 9.17) is 0 Å². The molecule has 2 fully saturated rings. The van der Waals surface area contributed by atoms with Gasteiger partial charge >= 0.3 is 6.18 Å². The van der Waals surface area contributed by atoms with E-state index in [9.17, 15) is 22.0 Å². The topological polar surface area (TPSA) is 0 Å². The fraction of sp³-hybridized carbons (Fsp3) is 1.00. The zero-order valence-corrected chi connectivity index (χ0v) is 11.0. The average Bonchev–Trinajstić information content (AvgIpc) is 2.27. The molecule has 2 rings (SSSR count). The van der Waals surface area contributed by atoms with Gasteiger partial charge in [0.25, 0.3) is 0 Å². The van der Waals surface area contributed by atoms with Gasteiger partial charge in [-0.25, -0.2) is 8.78 Å². The molecule has 0 radical (unpaired) electrons. The standard InChI is InChI=1S/C14H21F5/c15-13(16)6-4-11(5-7-13)12-3-1-2-10(8-12)9-14(17,18)19/h10-12H,1-9H2. The van der Waals surface area contributed by atoms with Crippen LogP contribution >= 0.6 is 0 Å². The van der Waals surface area contributed by atoms with Crippen LogP contribution in [-0.4, -0.2) is 12.1 Å². The molecular formula is C14H21F5. The summed E-state index contributed by atoms with van der Waals surface area (Å²) in [4.78, 5) is 0. The molecule has 0 spiro atoms. The molecule has 0 N–H and O–H groups in total. The van der Waals surface area contributed by atoms with Crippen LogP contribution in [0.1, 0.15) is 57.8 Å². The van der Waals surface area contributed by atoms with Crippen molar-refractivity contribution in [1.29, 1.82) is 0 Å². The van der Waals surface area contributed by atoms with E-state index in [1.165, 1.54) is 0 Å². The van der Waals surface area contributed by atoms with Gasteiger partial charge in [0.15, 0.2) is 0 Å². The van der Waals surface area contributed by atoms with Gasteiger partial charge in [-0.15, -0.1) is 0 Å². The lowest BCUT2D eigenvalue weighted by Crippen LogP contribution is -2.31. The molecule has 2 saturated carbocycles. The van der Waals surface area contributed by atoms with Crippen molar-refractivity contribution in [3.8, 4) is 0 Å². The Hall–Kier alpha value is -0.350. The lowest BCUT2D eigenvalue weighted by Gasteiger charge is -2.38. The Morgan fingerprint density at radius 1 is 0.895 bits per heavy atom. The van der Waals surface area contributed by atoms with Crippen molar-refractivity contribution in [2.45, 2.75) is 69.9 Å². The Kier molecular flexibility index (Phi) is 4.41. The van der Waals surface area contributed by atoms with Crippen LogP contribution in [0, 0.1) is 17.8 Å². The normalized spacial score (nSPS) is 33.3. The summed E-state index contributed by atoms with van der Waals surface area (Å²) in [6.07, 6.45) is -1.04. The first-order chi connectivity index (χ1) is 8.75. The predicted molar refractivity (Wildman–Crippen MR) is 63.0 cm³/mol. The molecule has 0 aromatic carbocycles. The molecule has 0 amide bonds. The van der Waals surface area contributed by atoms with Gasteiger partial charge in [-0.1, -0.05) is 19.3 Å². The molecule has 2 atom stereocenters. The van der Waals surface area contributed by atoms with Crippen molar-refractivity contribution in [3.63, 3.8) is 0 Å². The van der Waals surface area contributed by atoms with Crippen molar-refractivity contribution >= 4 is 0 Å². The minimum Gasteiger partial charge on any atom is -0.207 e. The molecule has 0 nitrogen and oxygen atoms in total. The molecule has 2 unspecified atom stereocenters. The van der Waals surface area contributed by atoms with Crippen LogP contribution in [0.4, 0.5) is 22.0 Å². The minimum atomic E-state index is -4.09. The van der Waals surface area contributed by atoms with Crippen molar-refractivity contribution in [3.05, 3.63) is 0 Å². The van der Waals surface area contributed by atoms with E-state index in [0.717, 1.165) is 12.8 Å². The van der Waals surface area contributed by atoms with Crippen molar-refractivity contribution in [1.82, 2.24) is 0 Å². The molecule has 5 heteroatoms. The van der Waals surface area contributed by atoms with Crippen LogP contribution in [0.3, 0.4) is 0 Å². The summed E-state index contributed by atoms with van der Waals surface area (Å²) in [6, 6.07) is 0. The third-order valence-corrected chi connectivity index (χ3v) is 4.77. The van der Waals surface area contributed by atoms with Gasteiger partial charge in [0, 0.05) is 19.3 Å². The third kappa shape index (κ3) is 4.60. The van der Waals surface area contributed by atoms with E-state index in [-0.39, 0.29) is 30.6 Å². The quantitative estimate of drug-likeness (QED) is 0.581. The van der Waals surface area contributed by atoms with Crippen LogP contribution in [0.5, 0.6) is 0 Å². The van der Waals surface area contributed by atoms with Crippen LogP contribution in [0.25, 0.3) is 0 Å². The average molecular weight is 284 g/mol. The Balaban J connectivity index is 1.84. The van der Waals surface area contributed by atoms with Gasteiger partial charge < -0.3 is 0 Å². The number of rotatable bonds is 2. The second-order valence-corrected chi connectivity index (χ2v) is 6.31. The minimum absolute atomic E-state index is 0.0852. The SMILES string of the molecule is FC(F)(F)CC1CCCC(C2CCC(F)(F)CC2)C1. The van der Waals surface area contributed by atoms with Gasteiger partial charge in [-0.2, -0.15) is 13.2 Å². The van der Waals surface area contributed by atoms with Crippen LogP contribution in [0.2, 0.25) is 0 Å². The van der Waals surface area contributed by atoms with Crippen molar-refractivity contribution in [2.75, 3.05) is 0 Å². The molecule has 0 heterocycles. The number of hydrogen-bond acceptors (Lipinski definition) is 0. The molecule has 0 bridgehead atoms. The summed E-state index contributed by atoms with van der Waals surface area (Å²) in [7, 11) is 0. The number of halogens is 5. The van der Waals surface area contributed by atoms with E-state index in [1.54, 1.807) is 0 Å². The smallest absolute Gasteiger partial charge is 0.207 e. The lowest BCUT2D eigenvalue weighted by molar-refractivity contribution is -0.148. The maximum atomic E-state index is 13.1. The van der Waals surface area contributed by atoms with Crippen LogP contribution < -0.4 is 0 Å². The Labute approximate surface area is 110 Å². The molecule has 112 valence electrons. The first-order valence-electron chi connectivity index (χ1n) is 7.20. The maximum absolute atomic E-state index is 13.1. The van der Waals surface area contributed by atoms with Gasteiger partial charge in [-0.05, 0) is 37.0 Å². The molecule has 0 aliphatic heterocycles. The van der Waals surface area contributed by atoms with E-state index in [2.05, 4.69) is 0 Å². The summed E-state index contributed by atoms with van der Waals surface area (Å²) in [5.74, 6) is -2.38. The fourth-order valence-corrected chi connectivity index (χ4v) is 3.81. The molecule has 0 saturated heterocycles. The molecular weight excluding hydrogens is 263 g/mol. The highest BCUT2D eigenvalue weighted by atomic mass is 19.4. The van der Waals surface area contributed by atoms with Crippen LogP contribution in [0.15, 0.2) is 0 Å². The molecule has 0 aromatic rings. The van der Waals surface area contributed by atoms with E-state index < -0.39 is 18.5 Å². The predicted octanol–water partition coefficient (Wildman–Crippen LogP) is 5.57. The third-order valence-electron chi connectivity index (χ3n) is 4.77. The maximum Gasteiger partial charge on any atom is 0.389 e. The second-order valence-electron chi connectivity index (χ2n) is 6.31. The summed E-state index contributed by atoms with van der Waals surface area (Å²) in [5.41, 5.74) is 0. The fourth-order valence-electron chi connectivity index (χ4n) is 3.81. The summed E-state index contributed by atoms with van der Waals surface area (Å²) < 4.78 is 63.4. The molecule has 19 heavy (non-hydrogen) atoms. The molecule has 2 aliphatic rings. The van der Waals surface area contributed by atoms with E-state index in [0.29, 0.717) is 25.7 Å². The Morgan fingerprint density at radius 2 is 1.53 bits per heavy atom. The number of hydrogen-bond donors (Lipinski definition) is 0. The summed E-state index contributed by atoms with van der Waals surface area (Å²) in [5, 5.41) is 0. The summed E-state index contributed by atoms with van der Waals surface area (Å²) in [6.45, 7) is 0. The highest BCUT2D eigenvalue weighted by Crippen LogP contribution is 2.46. The Bertz CT molecular complexity index is 287. The molecule has 0 aromatic heterocycles. The second kappa shape index (κ2) is 5.57. The first kappa shape index (κ1) is 15.0. The van der Waals surface area contributed by atoms with E-state index in [1.807, 2.05) is 0 Å². The highest BCUT2D eigenvalue weighted by molar-refractivity contribution is 4.85. The van der Waals surface area contributed by atoms with E-state index >= 15 is 0 Å². The van der Waals surface area contributed by atoms with Gasteiger partial charge in [-0.3, -0.25) is 0 Å². The van der Waals surface area contributed by atoms with Gasteiger partial charge in [0.2, 0.25) is 5.92 Å². The van der Waals surface area contributed by atoms with Gasteiger partial charge in [0.1, 0.15) is 0 Å². The largest absolute Gasteiger partial charge is 0.389 e. The van der Waals surface area contributed by atoms with Crippen molar-refractivity contribution in [2.24, 2.45) is 17.8 Å². The number of alkyl halides is 5. The first-order valence-corrected chi connectivity index (χ1v) is 7.20. The van der Waals surface area contributed by atoms with Gasteiger partial charge in [0.05, 0.1) is 0 Å². The summed E-state index contributed by atoms with van der Waals surface area (Å²) >= 11 is 0. The monoisotopic (exact) mass is 284 g/mol. The molecule has 2 aliphatic carbocycles. The van der Waals surface area contributed by atoms with Crippen molar-refractivity contribution < 1.29 is 22.0 Å². The highest BCUT2D eigenvalue weighted by Gasteiger charge is 2.40. The Morgan fingerprint density at radius 3 is 2.11 bits per heavy atom. The zero-order valence-electron chi connectivity index (χ0n) is 11.0. The zero-order chi connectivity index (χ0) is 14.1. The lowest BCUT2D eigenvalue weighted by atomic mass is 9.69. The van der Waals surface area contributed by atoms with Crippen LogP contribution in [-0.2, 0) is 0 Å².